The van der Waals surface area contributed by atoms with Crippen LogP contribution in [0, 0.1) is 6.92 Å². The molecule has 1 N–H and O–H groups in total. The average molecular weight is 287 g/mol. The van der Waals surface area contributed by atoms with Crippen LogP contribution in [0.3, 0.4) is 0 Å². The Kier molecular flexibility index (Phi) is 4.77. The average Bonchev–Trinajstić information content (AvgIpc) is 2.51. The Balaban J connectivity index is 1.84. The van der Waals surface area contributed by atoms with E-state index in [4.69, 9.17) is 4.74 Å². The standard InChI is InChI=1S/C16H17NO4/c1-12-15(19)14(18)8-10-17(12)9-5-11-21-16(20)13-6-3-2-4-7-13/h2-4,6-8,10,19H,5,9,11H2,1H3. The molecule has 0 atom stereocenters. The highest BCUT2D eigenvalue weighted by molar-refractivity contribution is 5.89. The summed E-state index contributed by atoms with van der Waals surface area (Å²) in [6.07, 6.45) is 2.22. The smallest absolute Gasteiger partial charge is 0.338 e. The third kappa shape index (κ3) is 3.72. The highest BCUT2D eigenvalue weighted by Gasteiger charge is 2.07. The lowest BCUT2D eigenvalue weighted by molar-refractivity contribution is 0.0495. The molecule has 1 aromatic carbocycles. The summed E-state index contributed by atoms with van der Waals surface area (Å²) in [6, 6.07) is 10.1. The summed E-state index contributed by atoms with van der Waals surface area (Å²) in [5, 5.41) is 9.56. The van der Waals surface area contributed by atoms with Gasteiger partial charge < -0.3 is 14.4 Å². The van der Waals surface area contributed by atoms with Gasteiger partial charge in [-0.1, -0.05) is 18.2 Å². The number of ether oxygens (including phenoxy) is 1. The number of pyridine rings is 1. The summed E-state index contributed by atoms with van der Waals surface area (Å²) in [5.41, 5.74) is 0.644. The number of esters is 1. The van der Waals surface area contributed by atoms with Crippen LogP contribution in [-0.4, -0.2) is 22.2 Å². The quantitative estimate of drug-likeness (QED) is 0.675. The Bertz CT molecular complexity index is 676. The lowest BCUT2D eigenvalue weighted by Crippen LogP contribution is -2.12. The third-order valence-electron chi connectivity index (χ3n) is 3.20. The molecule has 0 saturated heterocycles. The first kappa shape index (κ1) is 14.8. The van der Waals surface area contributed by atoms with Crippen molar-refractivity contribution in [2.45, 2.75) is 19.9 Å². The van der Waals surface area contributed by atoms with Gasteiger partial charge in [-0.3, -0.25) is 4.79 Å². The Morgan fingerprint density at radius 1 is 1.24 bits per heavy atom. The van der Waals surface area contributed by atoms with Crippen molar-refractivity contribution in [3.8, 4) is 5.75 Å². The fourth-order valence-corrected chi connectivity index (χ4v) is 1.96. The molecule has 0 unspecified atom stereocenters. The van der Waals surface area contributed by atoms with Gasteiger partial charge in [0.25, 0.3) is 0 Å². The molecule has 5 nitrogen and oxygen atoms in total. The molecule has 0 aliphatic rings. The Morgan fingerprint density at radius 3 is 2.67 bits per heavy atom. The molecule has 2 aromatic rings. The van der Waals surface area contributed by atoms with Crippen LogP contribution in [-0.2, 0) is 11.3 Å². The minimum absolute atomic E-state index is 0.237. The van der Waals surface area contributed by atoms with Crippen LogP contribution in [0.25, 0.3) is 0 Å². The van der Waals surface area contributed by atoms with Crippen LogP contribution in [0.15, 0.2) is 47.4 Å². The number of aromatic nitrogens is 1. The highest BCUT2D eigenvalue weighted by Crippen LogP contribution is 2.10. The molecule has 0 aliphatic heterocycles. The molecule has 0 bridgehead atoms. The van der Waals surface area contributed by atoms with E-state index in [1.165, 1.54) is 6.07 Å². The zero-order valence-corrected chi connectivity index (χ0v) is 11.8. The van der Waals surface area contributed by atoms with Gasteiger partial charge in [0.2, 0.25) is 5.43 Å². The maximum absolute atomic E-state index is 11.7. The summed E-state index contributed by atoms with van der Waals surface area (Å²) >= 11 is 0. The van der Waals surface area contributed by atoms with Gasteiger partial charge in [-0.15, -0.1) is 0 Å². The van der Waals surface area contributed by atoms with Crippen LogP contribution >= 0.6 is 0 Å². The van der Waals surface area contributed by atoms with E-state index in [9.17, 15) is 14.7 Å². The number of carbonyl (C=O) groups is 1. The second-order valence-corrected chi connectivity index (χ2v) is 4.66. The molecule has 0 saturated carbocycles. The van der Waals surface area contributed by atoms with E-state index in [0.29, 0.717) is 24.2 Å². The molecule has 0 amide bonds. The fraction of sp³-hybridized carbons (Fsp3) is 0.250. The lowest BCUT2D eigenvalue weighted by atomic mass is 10.2. The van der Waals surface area contributed by atoms with Gasteiger partial charge in [0.1, 0.15) is 0 Å². The maximum atomic E-state index is 11.7. The number of aryl methyl sites for hydroxylation is 1. The predicted octanol–water partition coefficient (Wildman–Crippen LogP) is 2.11. The highest BCUT2D eigenvalue weighted by atomic mass is 16.5. The van der Waals surface area contributed by atoms with Crippen molar-refractivity contribution in [3.63, 3.8) is 0 Å². The number of aromatic hydroxyl groups is 1. The molecule has 5 heteroatoms. The minimum Gasteiger partial charge on any atom is -0.503 e. The second kappa shape index (κ2) is 6.74. The van der Waals surface area contributed by atoms with Crippen LogP contribution in [0.4, 0.5) is 0 Å². The number of hydrogen-bond donors (Lipinski definition) is 1. The van der Waals surface area contributed by atoms with E-state index >= 15 is 0 Å². The molecule has 21 heavy (non-hydrogen) atoms. The zero-order valence-electron chi connectivity index (χ0n) is 11.8. The molecule has 1 aromatic heterocycles. The molecule has 0 spiro atoms. The molecule has 0 aliphatic carbocycles. The summed E-state index contributed by atoms with van der Waals surface area (Å²) in [6.45, 7) is 2.51. The monoisotopic (exact) mass is 287 g/mol. The van der Waals surface area contributed by atoms with Gasteiger partial charge >= 0.3 is 5.97 Å². The van der Waals surface area contributed by atoms with Crippen LogP contribution in [0.2, 0.25) is 0 Å². The number of rotatable bonds is 5. The van der Waals surface area contributed by atoms with Gasteiger partial charge in [-0.2, -0.15) is 0 Å². The first-order valence-electron chi connectivity index (χ1n) is 6.71. The molecule has 2 rings (SSSR count). The maximum Gasteiger partial charge on any atom is 0.338 e. The van der Waals surface area contributed by atoms with Gasteiger partial charge in [-0.25, -0.2) is 4.79 Å². The fourth-order valence-electron chi connectivity index (χ4n) is 1.96. The van der Waals surface area contributed by atoms with E-state index in [2.05, 4.69) is 0 Å². The van der Waals surface area contributed by atoms with E-state index in [1.54, 1.807) is 42.0 Å². The van der Waals surface area contributed by atoms with Gasteiger partial charge in [0.05, 0.1) is 17.9 Å². The Morgan fingerprint density at radius 2 is 1.95 bits per heavy atom. The van der Waals surface area contributed by atoms with Crippen LogP contribution in [0.1, 0.15) is 22.5 Å². The van der Waals surface area contributed by atoms with Crippen molar-refractivity contribution < 1.29 is 14.6 Å². The normalized spacial score (nSPS) is 10.3. The SMILES string of the molecule is Cc1c(O)c(=O)ccn1CCCOC(=O)c1ccccc1. The molecule has 110 valence electrons. The Hall–Kier alpha value is -2.56. The summed E-state index contributed by atoms with van der Waals surface area (Å²) in [5.74, 6) is -0.589. The molecular weight excluding hydrogens is 270 g/mol. The van der Waals surface area contributed by atoms with Crippen molar-refractivity contribution in [2.75, 3.05) is 6.61 Å². The van der Waals surface area contributed by atoms with E-state index in [-0.39, 0.29) is 23.8 Å². The van der Waals surface area contributed by atoms with Crippen molar-refractivity contribution in [3.05, 3.63) is 64.1 Å². The van der Waals surface area contributed by atoms with Gasteiger partial charge in [0, 0.05) is 18.8 Å². The first-order chi connectivity index (χ1) is 10.1. The van der Waals surface area contributed by atoms with Gasteiger partial charge in [0.15, 0.2) is 5.75 Å². The summed E-state index contributed by atoms with van der Waals surface area (Å²) in [7, 11) is 0. The predicted molar refractivity (Wildman–Crippen MR) is 78.4 cm³/mol. The molecule has 0 radical (unpaired) electrons. The number of benzene rings is 1. The minimum atomic E-state index is -0.390. The van der Waals surface area contributed by atoms with Crippen LogP contribution in [0.5, 0.6) is 5.75 Å². The van der Waals surface area contributed by atoms with Crippen molar-refractivity contribution >= 4 is 5.97 Å². The molecule has 0 fully saturated rings. The summed E-state index contributed by atoms with van der Waals surface area (Å²) in [4.78, 5) is 22.9. The number of hydrogen-bond acceptors (Lipinski definition) is 4. The first-order valence-corrected chi connectivity index (χ1v) is 6.71. The Labute approximate surface area is 122 Å². The molecular formula is C16H17NO4. The van der Waals surface area contributed by atoms with Crippen molar-refractivity contribution in [1.29, 1.82) is 0 Å². The van der Waals surface area contributed by atoms with E-state index in [1.807, 2.05) is 6.07 Å². The van der Waals surface area contributed by atoms with Crippen LogP contribution < -0.4 is 5.43 Å². The van der Waals surface area contributed by atoms with Gasteiger partial charge in [-0.05, 0) is 25.5 Å². The number of nitrogens with zero attached hydrogens (tertiary/aromatic N) is 1. The summed E-state index contributed by atoms with van der Waals surface area (Å²) < 4.78 is 6.92. The second-order valence-electron chi connectivity index (χ2n) is 4.66. The topological polar surface area (TPSA) is 68.5 Å². The largest absolute Gasteiger partial charge is 0.503 e. The molecule has 1 heterocycles. The number of carbonyl (C=O) groups excluding carboxylic acids is 1. The lowest BCUT2D eigenvalue weighted by Gasteiger charge is -2.11. The van der Waals surface area contributed by atoms with Crippen molar-refractivity contribution in [1.82, 2.24) is 4.57 Å². The third-order valence-corrected chi connectivity index (χ3v) is 3.20. The van der Waals surface area contributed by atoms with E-state index < -0.39 is 0 Å². The zero-order chi connectivity index (χ0) is 15.2. The van der Waals surface area contributed by atoms with Crippen molar-refractivity contribution in [2.24, 2.45) is 0 Å². The van der Waals surface area contributed by atoms with E-state index in [0.717, 1.165) is 0 Å².